The summed E-state index contributed by atoms with van der Waals surface area (Å²) in [6, 6.07) is 8.25. The molecule has 1 N–H and O–H groups in total. The molecule has 1 amide bonds. The topological polar surface area (TPSA) is 32.3 Å². The minimum absolute atomic E-state index is 0.00185. The van der Waals surface area contributed by atoms with Gasteiger partial charge in [0, 0.05) is 18.8 Å². The van der Waals surface area contributed by atoms with Crippen molar-refractivity contribution in [2.24, 2.45) is 11.8 Å². The summed E-state index contributed by atoms with van der Waals surface area (Å²) in [5.41, 5.74) is 2.24. The lowest BCUT2D eigenvalue weighted by Gasteiger charge is -2.34. The summed E-state index contributed by atoms with van der Waals surface area (Å²) in [5.74, 6) is 1.33. The van der Waals surface area contributed by atoms with Crippen LogP contribution in [0.25, 0.3) is 0 Å². The molecular formula is C19H28N2O. The summed E-state index contributed by atoms with van der Waals surface area (Å²) in [5, 5.41) is 3.16. The Bertz CT molecular complexity index is 522. The average molecular weight is 300 g/mol. The monoisotopic (exact) mass is 300 g/mol. The van der Waals surface area contributed by atoms with Gasteiger partial charge in [-0.1, -0.05) is 51.3 Å². The average Bonchev–Trinajstić information content (AvgIpc) is 2.97. The second-order valence-electron chi connectivity index (χ2n) is 7.06. The standard InChI is InChI=1S/C19H28N2O/c1-3-14(2)18-19(22)20-17-11-7-6-10-16(17)13-21(18)12-15-8-4-5-9-15/h6-7,10-11,14-15,18H,3-5,8-9,12-13H2,1-2H3,(H,20,22). The fraction of sp³-hybridized carbons (Fsp3) is 0.632. The predicted octanol–water partition coefficient (Wildman–Crippen LogP) is 4.05. The highest BCUT2D eigenvalue weighted by atomic mass is 16.2. The van der Waals surface area contributed by atoms with Crippen molar-refractivity contribution in [2.75, 3.05) is 11.9 Å². The van der Waals surface area contributed by atoms with E-state index in [2.05, 4.69) is 36.2 Å². The molecule has 1 heterocycles. The molecule has 3 nitrogen and oxygen atoms in total. The molecule has 2 atom stereocenters. The number of benzene rings is 1. The minimum Gasteiger partial charge on any atom is -0.324 e. The third-order valence-corrected chi connectivity index (χ3v) is 5.46. The maximum atomic E-state index is 12.8. The first-order valence-electron chi connectivity index (χ1n) is 8.82. The van der Waals surface area contributed by atoms with Gasteiger partial charge in [-0.3, -0.25) is 9.69 Å². The summed E-state index contributed by atoms with van der Waals surface area (Å²) in [7, 11) is 0. The Labute approximate surface area is 134 Å². The molecule has 1 fully saturated rings. The van der Waals surface area contributed by atoms with Gasteiger partial charge in [-0.25, -0.2) is 0 Å². The Hall–Kier alpha value is -1.35. The van der Waals surface area contributed by atoms with Crippen molar-refractivity contribution in [2.45, 2.75) is 58.5 Å². The number of carbonyl (C=O) groups is 1. The highest BCUT2D eigenvalue weighted by Crippen LogP contribution is 2.31. The lowest BCUT2D eigenvalue weighted by atomic mass is 9.95. The zero-order chi connectivity index (χ0) is 15.5. The fourth-order valence-corrected chi connectivity index (χ4v) is 4.01. The summed E-state index contributed by atoms with van der Waals surface area (Å²) in [6.07, 6.45) is 6.40. The highest BCUT2D eigenvalue weighted by Gasteiger charge is 2.35. The summed E-state index contributed by atoms with van der Waals surface area (Å²) in [4.78, 5) is 15.3. The largest absolute Gasteiger partial charge is 0.324 e. The van der Waals surface area contributed by atoms with Crippen LogP contribution in [0.2, 0.25) is 0 Å². The number of anilines is 1. The van der Waals surface area contributed by atoms with Crippen LogP contribution in [0.4, 0.5) is 5.69 Å². The number of fused-ring (bicyclic) bond motifs is 1. The summed E-state index contributed by atoms with van der Waals surface area (Å²) >= 11 is 0. The number of carbonyl (C=O) groups excluding carboxylic acids is 1. The quantitative estimate of drug-likeness (QED) is 0.910. The van der Waals surface area contributed by atoms with Crippen molar-refractivity contribution in [3.63, 3.8) is 0 Å². The van der Waals surface area contributed by atoms with Crippen LogP contribution in [0.1, 0.15) is 51.5 Å². The summed E-state index contributed by atoms with van der Waals surface area (Å²) < 4.78 is 0. The Morgan fingerprint density at radius 3 is 2.73 bits per heavy atom. The van der Waals surface area contributed by atoms with Gasteiger partial charge in [0.05, 0.1) is 6.04 Å². The maximum Gasteiger partial charge on any atom is 0.242 e. The third kappa shape index (κ3) is 3.19. The molecule has 0 bridgehead atoms. The van der Waals surface area contributed by atoms with Crippen molar-refractivity contribution < 1.29 is 4.79 Å². The van der Waals surface area contributed by atoms with Crippen molar-refractivity contribution in [1.82, 2.24) is 4.90 Å². The zero-order valence-corrected chi connectivity index (χ0v) is 13.8. The van der Waals surface area contributed by atoms with E-state index in [9.17, 15) is 4.79 Å². The molecule has 0 spiro atoms. The summed E-state index contributed by atoms with van der Waals surface area (Å²) in [6.45, 7) is 6.35. The molecule has 0 saturated heterocycles. The Balaban J connectivity index is 1.87. The predicted molar refractivity (Wildman–Crippen MR) is 90.7 cm³/mol. The van der Waals surface area contributed by atoms with Gasteiger partial charge in [0.1, 0.15) is 0 Å². The number of nitrogens with one attached hydrogen (secondary N) is 1. The maximum absolute atomic E-state index is 12.8. The van der Waals surface area contributed by atoms with Crippen LogP contribution in [0.3, 0.4) is 0 Å². The van der Waals surface area contributed by atoms with Crippen LogP contribution in [-0.4, -0.2) is 23.4 Å². The zero-order valence-electron chi connectivity index (χ0n) is 13.8. The van der Waals surface area contributed by atoms with E-state index in [1.54, 1.807) is 0 Å². The first-order valence-corrected chi connectivity index (χ1v) is 8.82. The molecule has 1 aromatic carbocycles. The van der Waals surface area contributed by atoms with Gasteiger partial charge in [0.25, 0.3) is 0 Å². The van der Waals surface area contributed by atoms with Crippen molar-refractivity contribution >= 4 is 11.6 Å². The highest BCUT2D eigenvalue weighted by molar-refractivity contribution is 5.96. The molecule has 1 aliphatic carbocycles. The molecule has 3 heteroatoms. The van der Waals surface area contributed by atoms with E-state index < -0.39 is 0 Å². The number of hydrogen-bond acceptors (Lipinski definition) is 2. The minimum atomic E-state index is -0.00185. The first kappa shape index (κ1) is 15.5. The molecule has 3 rings (SSSR count). The number of hydrogen-bond donors (Lipinski definition) is 1. The molecular weight excluding hydrogens is 272 g/mol. The Morgan fingerprint density at radius 1 is 1.27 bits per heavy atom. The molecule has 0 aromatic heterocycles. The van der Waals surface area contributed by atoms with E-state index >= 15 is 0 Å². The van der Waals surface area contributed by atoms with Crippen LogP contribution in [-0.2, 0) is 11.3 Å². The number of para-hydroxylation sites is 1. The van der Waals surface area contributed by atoms with Crippen molar-refractivity contribution in [1.29, 1.82) is 0 Å². The molecule has 1 aromatic rings. The smallest absolute Gasteiger partial charge is 0.242 e. The van der Waals surface area contributed by atoms with E-state index in [0.29, 0.717) is 5.92 Å². The van der Waals surface area contributed by atoms with E-state index in [0.717, 1.165) is 31.1 Å². The van der Waals surface area contributed by atoms with E-state index in [4.69, 9.17) is 0 Å². The van der Waals surface area contributed by atoms with Crippen LogP contribution >= 0.6 is 0 Å². The molecule has 1 saturated carbocycles. The second kappa shape index (κ2) is 6.82. The van der Waals surface area contributed by atoms with Gasteiger partial charge in [0.2, 0.25) is 5.91 Å². The third-order valence-electron chi connectivity index (χ3n) is 5.46. The molecule has 2 unspecified atom stereocenters. The van der Waals surface area contributed by atoms with E-state index in [1.165, 1.54) is 31.2 Å². The van der Waals surface area contributed by atoms with Gasteiger partial charge in [-0.05, 0) is 36.3 Å². The van der Waals surface area contributed by atoms with Crippen LogP contribution in [0.15, 0.2) is 24.3 Å². The number of rotatable bonds is 4. The fourth-order valence-electron chi connectivity index (χ4n) is 4.01. The molecule has 2 aliphatic rings. The SMILES string of the molecule is CCC(C)C1C(=O)Nc2ccccc2CN1CC1CCCC1. The Morgan fingerprint density at radius 2 is 2.00 bits per heavy atom. The van der Waals surface area contributed by atoms with Crippen LogP contribution in [0.5, 0.6) is 0 Å². The molecule has 1 aliphatic heterocycles. The number of nitrogens with zero attached hydrogens (tertiary/aromatic N) is 1. The van der Waals surface area contributed by atoms with Crippen LogP contribution in [0, 0.1) is 11.8 Å². The first-order chi connectivity index (χ1) is 10.7. The van der Waals surface area contributed by atoms with Gasteiger partial charge in [0.15, 0.2) is 0 Å². The van der Waals surface area contributed by atoms with E-state index in [1.807, 2.05) is 12.1 Å². The van der Waals surface area contributed by atoms with E-state index in [-0.39, 0.29) is 11.9 Å². The molecule has 22 heavy (non-hydrogen) atoms. The second-order valence-corrected chi connectivity index (χ2v) is 7.06. The van der Waals surface area contributed by atoms with Gasteiger partial charge in [-0.2, -0.15) is 0 Å². The van der Waals surface area contributed by atoms with Gasteiger partial charge < -0.3 is 5.32 Å². The van der Waals surface area contributed by atoms with Gasteiger partial charge >= 0.3 is 0 Å². The van der Waals surface area contributed by atoms with Crippen molar-refractivity contribution in [3.8, 4) is 0 Å². The van der Waals surface area contributed by atoms with Gasteiger partial charge in [-0.15, -0.1) is 0 Å². The Kier molecular flexibility index (Phi) is 4.82. The lowest BCUT2D eigenvalue weighted by molar-refractivity contribution is -0.123. The normalized spacial score (nSPS) is 24.6. The molecule has 120 valence electrons. The molecule has 0 radical (unpaired) electrons. The number of amides is 1. The lowest BCUT2D eigenvalue weighted by Crippen LogP contribution is -2.47. The van der Waals surface area contributed by atoms with Crippen molar-refractivity contribution in [3.05, 3.63) is 29.8 Å². The van der Waals surface area contributed by atoms with Crippen LogP contribution < -0.4 is 5.32 Å².